The number of carbonyl (C=O) groups is 2. The maximum absolute atomic E-state index is 12.5. The second-order valence-corrected chi connectivity index (χ2v) is 6.54. The van der Waals surface area contributed by atoms with E-state index in [0.717, 1.165) is 11.3 Å². The molecule has 0 aliphatic carbocycles. The number of hydrogen-bond donors (Lipinski definition) is 1. The number of aromatic nitrogens is 1. The van der Waals surface area contributed by atoms with Crippen molar-refractivity contribution in [3.63, 3.8) is 0 Å². The highest BCUT2D eigenvalue weighted by molar-refractivity contribution is 6.09. The summed E-state index contributed by atoms with van der Waals surface area (Å²) in [6.07, 6.45) is 1.59. The van der Waals surface area contributed by atoms with Crippen LogP contribution in [-0.2, 0) is 17.3 Å². The monoisotopic (exact) mass is 325 g/mol. The second kappa shape index (κ2) is 5.33. The van der Waals surface area contributed by atoms with Gasteiger partial charge in [-0.15, -0.1) is 0 Å². The van der Waals surface area contributed by atoms with Crippen molar-refractivity contribution in [2.75, 3.05) is 17.3 Å². The maximum atomic E-state index is 12.5. The summed E-state index contributed by atoms with van der Waals surface area (Å²) in [6.45, 7) is 3.69. The molecule has 0 fully saturated rings. The molecule has 24 heavy (non-hydrogen) atoms. The van der Waals surface area contributed by atoms with E-state index < -0.39 is 5.41 Å². The van der Waals surface area contributed by atoms with Crippen LogP contribution in [0.25, 0.3) is 0 Å². The smallest absolute Gasteiger partial charge is 0.255 e. The first-order valence-corrected chi connectivity index (χ1v) is 7.62. The summed E-state index contributed by atoms with van der Waals surface area (Å²) in [4.78, 5) is 38.0. The van der Waals surface area contributed by atoms with E-state index in [-0.39, 0.29) is 17.4 Å². The van der Waals surface area contributed by atoms with Gasteiger partial charge in [0.05, 0.1) is 5.41 Å². The van der Waals surface area contributed by atoms with Gasteiger partial charge in [0.15, 0.2) is 0 Å². The minimum atomic E-state index is -0.664. The van der Waals surface area contributed by atoms with Crippen LogP contribution in [0.2, 0.25) is 0 Å². The normalized spacial score (nSPS) is 15.3. The van der Waals surface area contributed by atoms with Gasteiger partial charge < -0.3 is 14.8 Å². The summed E-state index contributed by atoms with van der Waals surface area (Å²) < 4.78 is 1.43. The molecule has 0 saturated heterocycles. The summed E-state index contributed by atoms with van der Waals surface area (Å²) in [5.41, 5.74) is 1.67. The zero-order valence-corrected chi connectivity index (χ0v) is 14.1. The third-order valence-corrected chi connectivity index (χ3v) is 4.49. The van der Waals surface area contributed by atoms with E-state index in [9.17, 15) is 14.4 Å². The van der Waals surface area contributed by atoms with Gasteiger partial charge in [0.25, 0.3) is 11.5 Å². The maximum Gasteiger partial charge on any atom is 0.255 e. The molecule has 1 aliphatic rings. The van der Waals surface area contributed by atoms with Crippen LogP contribution < -0.4 is 15.8 Å². The topological polar surface area (TPSA) is 71.4 Å². The lowest BCUT2D eigenvalue weighted by Crippen LogP contribution is -2.33. The first-order valence-electron chi connectivity index (χ1n) is 7.62. The molecule has 6 nitrogen and oxygen atoms in total. The molecule has 0 bridgehead atoms. The molecule has 1 aromatic heterocycles. The first-order chi connectivity index (χ1) is 11.2. The predicted molar refractivity (Wildman–Crippen MR) is 92.5 cm³/mol. The third kappa shape index (κ3) is 2.40. The van der Waals surface area contributed by atoms with Crippen LogP contribution in [0, 0.1) is 0 Å². The number of carbonyl (C=O) groups excluding carboxylic acids is 2. The molecule has 0 saturated carbocycles. The highest BCUT2D eigenvalue weighted by atomic mass is 16.2. The highest BCUT2D eigenvalue weighted by Crippen LogP contribution is 2.41. The Labute approximate surface area is 139 Å². The Bertz CT molecular complexity index is 912. The van der Waals surface area contributed by atoms with Gasteiger partial charge in [-0.25, -0.2) is 0 Å². The molecule has 1 aromatic carbocycles. The number of nitrogens with one attached hydrogen (secondary N) is 1. The average Bonchev–Trinajstić information content (AvgIpc) is 2.72. The Balaban J connectivity index is 1.93. The van der Waals surface area contributed by atoms with E-state index in [2.05, 4.69) is 5.32 Å². The van der Waals surface area contributed by atoms with Crippen molar-refractivity contribution in [2.24, 2.45) is 7.05 Å². The molecular weight excluding hydrogens is 306 g/mol. The van der Waals surface area contributed by atoms with E-state index in [1.165, 1.54) is 10.6 Å². The SMILES string of the molecule is CN1C(=O)C(C)(C)c2cc(C(=O)Nc3ccn(C)c(=O)c3)ccc21. The molecule has 2 amide bonds. The van der Waals surface area contributed by atoms with Gasteiger partial charge >= 0.3 is 0 Å². The van der Waals surface area contributed by atoms with E-state index in [4.69, 9.17) is 0 Å². The number of hydrogen-bond acceptors (Lipinski definition) is 3. The molecule has 2 heterocycles. The number of fused-ring (bicyclic) bond motifs is 1. The van der Waals surface area contributed by atoms with Crippen molar-refractivity contribution in [1.29, 1.82) is 0 Å². The van der Waals surface area contributed by atoms with E-state index in [0.29, 0.717) is 11.3 Å². The number of rotatable bonds is 2. The molecule has 0 atom stereocenters. The summed E-state index contributed by atoms with van der Waals surface area (Å²) in [6, 6.07) is 8.23. The van der Waals surface area contributed by atoms with Gasteiger partial charge in [0.2, 0.25) is 5.91 Å². The van der Waals surface area contributed by atoms with Gasteiger partial charge in [-0.05, 0) is 43.7 Å². The van der Waals surface area contributed by atoms with Crippen LogP contribution in [0.5, 0.6) is 0 Å². The lowest BCUT2D eigenvalue weighted by molar-refractivity contribution is -0.121. The number of amides is 2. The molecule has 3 rings (SSSR count). The van der Waals surface area contributed by atoms with Crippen molar-refractivity contribution in [2.45, 2.75) is 19.3 Å². The van der Waals surface area contributed by atoms with Gasteiger partial charge in [-0.3, -0.25) is 14.4 Å². The highest BCUT2D eigenvalue weighted by Gasteiger charge is 2.42. The van der Waals surface area contributed by atoms with Crippen molar-refractivity contribution < 1.29 is 9.59 Å². The van der Waals surface area contributed by atoms with Gasteiger partial charge in [-0.1, -0.05) is 0 Å². The Morgan fingerprint density at radius 1 is 1.08 bits per heavy atom. The Hall–Kier alpha value is -2.89. The fourth-order valence-electron chi connectivity index (χ4n) is 2.94. The molecule has 124 valence electrons. The minimum absolute atomic E-state index is 0.00149. The number of likely N-dealkylation sites (N-methyl/N-ethyl adjacent to an activating group) is 1. The number of anilines is 2. The second-order valence-electron chi connectivity index (χ2n) is 6.54. The molecule has 6 heteroatoms. The van der Waals surface area contributed by atoms with Crippen LogP contribution in [0.4, 0.5) is 11.4 Å². The average molecular weight is 325 g/mol. The fourth-order valence-corrected chi connectivity index (χ4v) is 2.94. The predicted octanol–water partition coefficient (Wildman–Crippen LogP) is 1.89. The van der Waals surface area contributed by atoms with Crippen LogP contribution in [0.3, 0.4) is 0 Å². The number of pyridine rings is 1. The Kier molecular flexibility index (Phi) is 3.55. The van der Waals surface area contributed by atoms with Crippen LogP contribution in [0.1, 0.15) is 29.8 Å². The molecule has 0 spiro atoms. The molecule has 0 unspecified atom stereocenters. The van der Waals surface area contributed by atoms with E-state index in [1.807, 2.05) is 13.8 Å². The summed E-state index contributed by atoms with van der Waals surface area (Å²) in [5, 5.41) is 2.72. The largest absolute Gasteiger partial charge is 0.322 e. The number of nitrogens with zero attached hydrogens (tertiary/aromatic N) is 2. The van der Waals surface area contributed by atoms with Gasteiger partial charge in [-0.2, -0.15) is 0 Å². The summed E-state index contributed by atoms with van der Waals surface area (Å²) in [7, 11) is 3.37. The summed E-state index contributed by atoms with van der Waals surface area (Å²) in [5.74, 6) is -0.314. The van der Waals surface area contributed by atoms with Crippen LogP contribution in [0.15, 0.2) is 41.3 Å². The van der Waals surface area contributed by atoms with Crippen LogP contribution in [-0.4, -0.2) is 23.4 Å². The van der Waals surface area contributed by atoms with Crippen molar-refractivity contribution >= 4 is 23.2 Å². The van der Waals surface area contributed by atoms with Crippen molar-refractivity contribution in [3.8, 4) is 0 Å². The van der Waals surface area contributed by atoms with Crippen molar-refractivity contribution in [3.05, 3.63) is 58.0 Å². The molecule has 1 aliphatic heterocycles. The lowest BCUT2D eigenvalue weighted by Gasteiger charge is -2.16. The molecular formula is C18H19N3O3. The van der Waals surface area contributed by atoms with E-state index >= 15 is 0 Å². The quantitative estimate of drug-likeness (QED) is 0.916. The number of benzene rings is 1. The van der Waals surface area contributed by atoms with Crippen LogP contribution >= 0.6 is 0 Å². The van der Waals surface area contributed by atoms with E-state index in [1.54, 1.807) is 49.5 Å². The van der Waals surface area contributed by atoms with Gasteiger partial charge in [0, 0.05) is 43.3 Å². The zero-order chi connectivity index (χ0) is 17.6. The standard InChI is InChI=1S/C18H19N3O3/c1-18(2)13-9-11(5-6-14(13)21(4)17(18)24)16(23)19-12-7-8-20(3)15(22)10-12/h5-10H,1-4H3,(H,19,23). The first kappa shape index (κ1) is 16.0. The Morgan fingerprint density at radius 2 is 1.79 bits per heavy atom. The van der Waals surface area contributed by atoms with Crippen molar-refractivity contribution in [1.82, 2.24) is 4.57 Å². The molecule has 0 radical (unpaired) electrons. The Morgan fingerprint density at radius 3 is 2.46 bits per heavy atom. The number of aryl methyl sites for hydroxylation is 1. The molecule has 2 aromatic rings. The van der Waals surface area contributed by atoms with Gasteiger partial charge in [0.1, 0.15) is 0 Å². The lowest BCUT2D eigenvalue weighted by atomic mass is 9.85. The zero-order valence-electron chi connectivity index (χ0n) is 14.1. The minimum Gasteiger partial charge on any atom is -0.322 e. The molecule has 1 N–H and O–H groups in total. The fraction of sp³-hybridized carbons (Fsp3) is 0.278. The summed E-state index contributed by atoms with van der Waals surface area (Å²) >= 11 is 0. The third-order valence-electron chi connectivity index (χ3n) is 4.49.